The second kappa shape index (κ2) is 6.81. The van der Waals surface area contributed by atoms with E-state index in [0.29, 0.717) is 18.1 Å². The van der Waals surface area contributed by atoms with Gasteiger partial charge >= 0.3 is 0 Å². The van der Waals surface area contributed by atoms with Crippen molar-refractivity contribution in [2.75, 3.05) is 19.6 Å². The average Bonchev–Trinajstić information content (AvgIpc) is 2.54. The van der Waals surface area contributed by atoms with E-state index < -0.39 is 0 Å². The van der Waals surface area contributed by atoms with E-state index >= 15 is 0 Å². The molecule has 3 rings (SSSR count). The number of hydrogen-bond acceptors (Lipinski definition) is 2. The minimum Gasteiger partial charge on any atom is -0.342 e. The summed E-state index contributed by atoms with van der Waals surface area (Å²) in [7, 11) is 0. The first-order chi connectivity index (χ1) is 11.2. The molecule has 1 atom stereocenters. The SMILES string of the molecule is [N-]=[N+]=NC[C@@H]1CCCN(C(=O)C2(c3ccc(Cl)cc3)CCC2)C1. The summed E-state index contributed by atoms with van der Waals surface area (Å²) in [6.07, 6.45) is 4.91. The lowest BCUT2D eigenvalue weighted by Crippen LogP contribution is -2.53. The van der Waals surface area contributed by atoms with Crippen LogP contribution in [0.5, 0.6) is 0 Å². The summed E-state index contributed by atoms with van der Waals surface area (Å²) in [5.41, 5.74) is 9.20. The second-order valence-electron chi connectivity index (χ2n) is 6.62. The van der Waals surface area contributed by atoms with Crippen LogP contribution in [0.15, 0.2) is 29.4 Å². The van der Waals surface area contributed by atoms with Crippen LogP contribution in [0.4, 0.5) is 0 Å². The monoisotopic (exact) mass is 332 g/mol. The summed E-state index contributed by atoms with van der Waals surface area (Å²) >= 11 is 5.98. The molecule has 2 fully saturated rings. The number of nitrogens with zero attached hydrogens (tertiary/aromatic N) is 4. The van der Waals surface area contributed by atoms with E-state index in [1.807, 2.05) is 29.2 Å². The summed E-state index contributed by atoms with van der Waals surface area (Å²) in [6.45, 7) is 1.99. The molecular weight excluding hydrogens is 312 g/mol. The summed E-state index contributed by atoms with van der Waals surface area (Å²) in [5, 5.41) is 4.38. The van der Waals surface area contributed by atoms with Crippen LogP contribution in [0.25, 0.3) is 10.4 Å². The predicted molar refractivity (Wildman–Crippen MR) is 90.3 cm³/mol. The Morgan fingerprint density at radius 3 is 2.70 bits per heavy atom. The highest BCUT2D eigenvalue weighted by Gasteiger charge is 2.48. The van der Waals surface area contributed by atoms with Crippen LogP contribution >= 0.6 is 11.6 Å². The lowest BCUT2D eigenvalue weighted by atomic mass is 9.63. The zero-order valence-electron chi connectivity index (χ0n) is 13.1. The van der Waals surface area contributed by atoms with Crippen LogP contribution in [0.1, 0.15) is 37.7 Å². The maximum Gasteiger partial charge on any atom is 0.233 e. The van der Waals surface area contributed by atoms with Crippen molar-refractivity contribution in [2.24, 2.45) is 11.0 Å². The number of piperidine rings is 1. The number of carbonyl (C=O) groups excluding carboxylic acids is 1. The topological polar surface area (TPSA) is 69.1 Å². The fraction of sp³-hybridized carbons (Fsp3) is 0.588. The van der Waals surface area contributed by atoms with Crippen LogP contribution in [0, 0.1) is 5.92 Å². The number of rotatable bonds is 4. The second-order valence-corrected chi connectivity index (χ2v) is 7.05. The van der Waals surface area contributed by atoms with Crippen molar-refractivity contribution in [1.82, 2.24) is 4.90 Å². The van der Waals surface area contributed by atoms with Gasteiger partial charge < -0.3 is 4.90 Å². The lowest BCUT2D eigenvalue weighted by molar-refractivity contribution is -0.142. The predicted octanol–water partition coefficient (Wildman–Crippen LogP) is 4.31. The van der Waals surface area contributed by atoms with E-state index in [2.05, 4.69) is 10.0 Å². The third-order valence-electron chi connectivity index (χ3n) is 5.22. The van der Waals surface area contributed by atoms with Gasteiger partial charge in [-0.2, -0.15) is 0 Å². The smallest absolute Gasteiger partial charge is 0.233 e. The number of likely N-dealkylation sites (tertiary alicyclic amines) is 1. The van der Waals surface area contributed by atoms with E-state index in [0.717, 1.165) is 44.2 Å². The Morgan fingerprint density at radius 2 is 2.09 bits per heavy atom. The first-order valence-electron chi connectivity index (χ1n) is 8.22. The van der Waals surface area contributed by atoms with Crippen LogP contribution in [0.2, 0.25) is 5.02 Å². The third-order valence-corrected chi connectivity index (χ3v) is 5.47. The molecule has 1 heterocycles. The molecule has 0 bridgehead atoms. The molecule has 0 N–H and O–H groups in total. The van der Waals surface area contributed by atoms with Crippen LogP contribution in [-0.4, -0.2) is 30.4 Å². The summed E-state index contributed by atoms with van der Waals surface area (Å²) in [4.78, 5) is 18.0. The molecule has 0 unspecified atom stereocenters. The minimum absolute atomic E-state index is 0.233. The standard InChI is InChI=1S/C17H21ClN4O/c18-15-6-4-14(5-7-15)17(8-2-9-17)16(23)22-10-1-3-13(12-22)11-20-21-19/h4-7,13H,1-3,8-12H2/t13-/m0/s1. The van der Waals surface area contributed by atoms with Gasteiger partial charge in [-0.05, 0) is 54.8 Å². The van der Waals surface area contributed by atoms with E-state index in [9.17, 15) is 4.79 Å². The fourth-order valence-electron chi connectivity index (χ4n) is 3.78. The van der Waals surface area contributed by atoms with Crippen molar-refractivity contribution >= 4 is 17.5 Å². The van der Waals surface area contributed by atoms with Crippen LogP contribution < -0.4 is 0 Å². The molecule has 1 aromatic rings. The van der Waals surface area contributed by atoms with Crippen LogP contribution in [0.3, 0.4) is 0 Å². The molecule has 6 heteroatoms. The summed E-state index contributed by atoms with van der Waals surface area (Å²) in [5.74, 6) is 0.516. The molecule has 1 aromatic carbocycles. The first kappa shape index (κ1) is 16.2. The van der Waals surface area contributed by atoms with Gasteiger partial charge in [-0.15, -0.1) is 0 Å². The van der Waals surface area contributed by atoms with Crippen molar-refractivity contribution in [3.8, 4) is 0 Å². The van der Waals surface area contributed by atoms with Crippen molar-refractivity contribution in [2.45, 2.75) is 37.5 Å². The molecule has 2 aliphatic rings. The third kappa shape index (κ3) is 3.17. The van der Waals surface area contributed by atoms with E-state index in [-0.39, 0.29) is 17.2 Å². The van der Waals surface area contributed by atoms with Gasteiger partial charge in [0.2, 0.25) is 5.91 Å². The highest BCUT2D eigenvalue weighted by molar-refractivity contribution is 6.30. The van der Waals surface area contributed by atoms with Crippen molar-refractivity contribution in [3.05, 3.63) is 45.3 Å². The first-order valence-corrected chi connectivity index (χ1v) is 8.60. The largest absolute Gasteiger partial charge is 0.342 e. The molecule has 0 aromatic heterocycles. The fourth-order valence-corrected chi connectivity index (χ4v) is 3.90. The Morgan fingerprint density at radius 1 is 1.35 bits per heavy atom. The van der Waals surface area contributed by atoms with E-state index in [4.69, 9.17) is 17.1 Å². The van der Waals surface area contributed by atoms with Gasteiger partial charge in [0, 0.05) is 29.6 Å². The van der Waals surface area contributed by atoms with Gasteiger partial charge in [0.05, 0.1) is 5.41 Å². The molecule has 1 saturated heterocycles. The highest BCUT2D eigenvalue weighted by Crippen LogP contribution is 2.46. The number of amides is 1. The zero-order chi connectivity index (χ0) is 16.3. The van der Waals surface area contributed by atoms with E-state index in [1.54, 1.807) is 0 Å². The number of hydrogen-bond donors (Lipinski definition) is 0. The lowest BCUT2D eigenvalue weighted by Gasteiger charge is -2.46. The van der Waals surface area contributed by atoms with Gasteiger partial charge in [0.25, 0.3) is 0 Å². The molecule has 1 saturated carbocycles. The Bertz CT molecular complexity index is 620. The minimum atomic E-state index is -0.370. The maximum atomic E-state index is 13.2. The molecule has 1 aliphatic carbocycles. The number of azide groups is 1. The molecule has 23 heavy (non-hydrogen) atoms. The Hall–Kier alpha value is -1.71. The Labute approximate surface area is 141 Å². The Balaban J connectivity index is 1.77. The van der Waals surface area contributed by atoms with Crippen LogP contribution in [-0.2, 0) is 10.2 Å². The summed E-state index contributed by atoms with van der Waals surface area (Å²) in [6, 6.07) is 7.71. The zero-order valence-corrected chi connectivity index (χ0v) is 13.9. The van der Waals surface area contributed by atoms with Gasteiger partial charge in [0.15, 0.2) is 0 Å². The number of carbonyl (C=O) groups is 1. The van der Waals surface area contributed by atoms with E-state index in [1.165, 1.54) is 0 Å². The molecule has 1 aliphatic heterocycles. The molecule has 0 spiro atoms. The van der Waals surface area contributed by atoms with Crippen molar-refractivity contribution < 1.29 is 4.79 Å². The average molecular weight is 333 g/mol. The van der Waals surface area contributed by atoms with Gasteiger partial charge in [-0.1, -0.05) is 35.3 Å². The van der Waals surface area contributed by atoms with Gasteiger partial charge in [-0.25, -0.2) is 0 Å². The van der Waals surface area contributed by atoms with Crippen molar-refractivity contribution in [1.29, 1.82) is 0 Å². The Kier molecular flexibility index (Phi) is 4.79. The highest BCUT2D eigenvalue weighted by atomic mass is 35.5. The molecule has 122 valence electrons. The quantitative estimate of drug-likeness (QED) is 0.460. The molecular formula is C17H21ClN4O. The maximum absolute atomic E-state index is 13.2. The summed E-state index contributed by atoms with van der Waals surface area (Å²) < 4.78 is 0. The normalized spacial score (nSPS) is 22.8. The van der Waals surface area contributed by atoms with Gasteiger partial charge in [0.1, 0.15) is 0 Å². The van der Waals surface area contributed by atoms with Crippen molar-refractivity contribution in [3.63, 3.8) is 0 Å². The molecule has 0 radical (unpaired) electrons. The number of halogens is 1. The molecule has 5 nitrogen and oxygen atoms in total. The van der Waals surface area contributed by atoms with Gasteiger partial charge in [-0.3, -0.25) is 4.79 Å². The molecule has 1 amide bonds. The number of benzene rings is 1.